The maximum Gasteiger partial charge on any atom is 0.241 e. The van der Waals surface area contributed by atoms with E-state index in [2.05, 4.69) is 39.7 Å². The second-order valence-electron chi connectivity index (χ2n) is 6.76. The number of guanidine groups is 1. The standard InChI is InChI=1S/C17H35N5O.HI/c1-5-10-19-15(23)13-20-16(18-6-2)21-14-17(3,4)22-11-8-7-9-12-22;/h5-14H2,1-4H3,(H,19,23)(H2,18,20,21);1H. The summed E-state index contributed by atoms with van der Waals surface area (Å²) in [6.07, 6.45) is 4.86. The lowest BCUT2D eigenvalue weighted by Crippen LogP contribution is -2.55. The molecule has 1 rings (SSSR count). The van der Waals surface area contributed by atoms with E-state index in [4.69, 9.17) is 0 Å². The van der Waals surface area contributed by atoms with Gasteiger partial charge in [-0.2, -0.15) is 0 Å². The van der Waals surface area contributed by atoms with Crippen LogP contribution >= 0.6 is 24.0 Å². The number of halogens is 1. The normalized spacial score (nSPS) is 16.2. The largest absolute Gasteiger partial charge is 0.357 e. The Bertz CT molecular complexity index is 381. The minimum atomic E-state index is -0.0284. The Balaban J connectivity index is 0.00000529. The summed E-state index contributed by atoms with van der Waals surface area (Å²) in [6.45, 7) is 13.4. The fourth-order valence-corrected chi connectivity index (χ4v) is 2.72. The fraction of sp³-hybridized carbons (Fsp3) is 0.882. The zero-order valence-corrected chi connectivity index (χ0v) is 18.1. The van der Waals surface area contributed by atoms with E-state index in [0.29, 0.717) is 12.5 Å². The molecule has 0 aromatic rings. The minimum absolute atomic E-state index is 0. The predicted octanol–water partition coefficient (Wildman–Crippen LogP) is 1.95. The number of aliphatic imine (C=N–C) groups is 1. The first-order chi connectivity index (χ1) is 11.0. The highest BCUT2D eigenvalue weighted by atomic mass is 127. The second-order valence-corrected chi connectivity index (χ2v) is 6.76. The molecule has 24 heavy (non-hydrogen) atoms. The number of nitrogens with one attached hydrogen (secondary N) is 3. The highest BCUT2D eigenvalue weighted by molar-refractivity contribution is 14.0. The molecule has 7 heteroatoms. The topological polar surface area (TPSA) is 68.8 Å². The number of nitrogens with zero attached hydrogens (tertiary/aromatic N) is 2. The molecule has 142 valence electrons. The van der Waals surface area contributed by atoms with Crippen LogP contribution < -0.4 is 16.0 Å². The summed E-state index contributed by atoms with van der Waals surface area (Å²) < 4.78 is 0. The van der Waals surface area contributed by atoms with Gasteiger partial charge in [-0.1, -0.05) is 13.3 Å². The van der Waals surface area contributed by atoms with Crippen molar-refractivity contribution in [2.45, 2.75) is 58.9 Å². The molecule has 0 radical (unpaired) electrons. The minimum Gasteiger partial charge on any atom is -0.357 e. The summed E-state index contributed by atoms with van der Waals surface area (Å²) in [5, 5.41) is 9.44. The second kappa shape index (κ2) is 12.7. The van der Waals surface area contributed by atoms with Gasteiger partial charge in [-0.05, 0) is 53.1 Å². The summed E-state index contributed by atoms with van der Waals surface area (Å²) in [4.78, 5) is 18.6. The number of rotatable bonds is 8. The van der Waals surface area contributed by atoms with E-state index >= 15 is 0 Å². The van der Waals surface area contributed by atoms with Crippen LogP contribution in [0.2, 0.25) is 0 Å². The van der Waals surface area contributed by atoms with Crippen LogP contribution in [0, 0.1) is 0 Å². The number of carbonyl (C=O) groups excluding carboxylic acids is 1. The maximum atomic E-state index is 11.7. The Morgan fingerprint density at radius 1 is 1.08 bits per heavy atom. The number of carbonyl (C=O) groups is 1. The molecule has 0 aliphatic carbocycles. The lowest BCUT2D eigenvalue weighted by Gasteiger charge is -2.41. The van der Waals surface area contributed by atoms with Crippen LogP contribution in [0.1, 0.15) is 53.4 Å². The van der Waals surface area contributed by atoms with E-state index in [1.54, 1.807) is 0 Å². The monoisotopic (exact) mass is 453 g/mol. The average molecular weight is 453 g/mol. The lowest BCUT2D eigenvalue weighted by atomic mass is 9.98. The molecule has 1 aliphatic rings. The smallest absolute Gasteiger partial charge is 0.241 e. The summed E-state index contributed by atoms with van der Waals surface area (Å²) in [6, 6.07) is 0. The molecule has 0 aromatic heterocycles. The molecule has 1 heterocycles. The van der Waals surface area contributed by atoms with Crippen molar-refractivity contribution in [3.8, 4) is 0 Å². The molecule has 0 unspecified atom stereocenters. The van der Waals surface area contributed by atoms with Gasteiger partial charge in [0, 0.05) is 25.2 Å². The molecule has 0 atom stereocenters. The molecule has 0 spiro atoms. The van der Waals surface area contributed by atoms with Crippen LogP contribution in [0.25, 0.3) is 0 Å². The van der Waals surface area contributed by atoms with Gasteiger partial charge < -0.3 is 16.0 Å². The van der Waals surface area contributed by atoms with Crippen LogP contribution in [0.15, 0.2) is 4.99 Å². The lowest BCUT2D eigenvalue weighted by molar-refractivity contribution is -0.119. The Morgan fingerprint density at radius 2 is 1.75 bits per heavy atom. The van der Waals surface area contributed by atoms with Crippen LogP contribution in [0.5, 0.6) is 0 Å². The number of piperidine rings is 1. The molecule has 1 fully saturated rings. The number of likely N-dealkylation sites (tertiary alicyclic amines) is 1. The molecule has 1 aliphatic heterocycles. The Morgan fingerprint density at radius 3 is 2.33 bits per heavy atom. The van der Waals surface area contributed by atoms with E-state index in [1.807, 2.05) is 13.8 Å². The van der Waals surface area contributed by atoms with Gasteiger partial charge in [-0.25, -0.2) is 4.99 Å². The molecule has 0 aromatic carbocycles. The van der Waals surface area contributed by atoms with E-state index in [9.17, 15) is 4.79 Å². The quantitative estimate of drug-likeness (QED) is 0.299. The number of amides is 1. The van der Waals surface area contributed by atoms with Gasteiger partial charge in [0.1, 0.15) is 6.54 Å². The van der Waals surface area contributed by atoms with Crippen molar-refractivity contribution in [2.75, 3.05) is 39.3 Å². The van der Waals surface area contributed by atoms with E-state index in [0.717, 1.165) is 19.5 Å². The Kier molecular flexibility index (Phi) is 12.4. The first-order valence-electron chi connectivity index (χ1n) is 9.03. The number of hydrogen-bond donors (Lipinski definition) is 3. The van der Waals surface area contributed by atoms with Crippen molar-refractivity contribution >= 4 is 35.8 Å². The van der Waals surface area contributed by atoms with Gasteiger partial charge in [0.15, 0.2) is 5.96 Å². The summed E-state index contributed by atoms with van der Waals surface area (Å²) in [5.74, 6) is 0.684. The van der Waals surface area contributed by atoms with Crippen molar-refractivity contribution < 1.29 is 4.79 Å². The van der Waals surface area contributed by atoms with E-state index in [1.165, 1.54) is 32.4 Å². The van der Waals surface area contributed by atoms with Crippen molar-refractivity contribution in [2.24, 2.45) is 4.99 Å². The molecular weight excluding hydrogens is 417 g/mol. The molecule has 3 N–H and O–H groups in total. The van der Waals surface area contributed by atoms with Crippen molar-refractivity contribution in [3.63, 3.8) is 0 Å². The Hall–Kier alpha value is -0.570. The first kappa shape index (κ1) is 23.4. The number of hydrogen-bond acceptors (Lipinski definition) is 3. The third-order valence-electron chi connectivity index (χ3n) is 4.20. The van der Waals surface area contributed by atoms with Gasteiger partial charge in [-0.15, -0.1) is 24.0 Å². The van der Waals surface area contributed by atoms with Crippen LogP contribution in [-0.4, -0.2) is 61.6 Å². The van der Waals surface area contributed by atoms with Gasteiger partial charge in [0.25, 0.3) is 0 Å². The first-order valence-corrected chi connectivity index (χ1v) is 9.03. The molecule has 0 saturated carbocycles. The highest BCUT2D eigenvalue weighted by Gasteiger charge is 2.27. The zero-order chi connectivity index (χ0) is 17.1. The SMILES string of the molecule is CCCNC(=O)CN=C(NCC)NCC(C)(C)N1CCCCC1.I. The van der Waals surface area contributed by atoms with E-state index < -0.39 is 0 Å². The molecular formula is C17H36IN5O. The van der Waals surface area contributed by atoms with Gasteiger partial charge >= 0.3 is 0 Å². The highest BCUT2D eigenvalue weighted by Crippen LogP contribution is 2.19. The molecule has 1 amide bonds. The maximum absolute atomic E-state index is 11.7. The van der Waals surface area contributed by atoms with E-state index in [-0.39, 0.29) is 42.0 Å². The van der Waals surface area contributed by atoms with Crippen LogP contribution in [-0.2, 0) is 4.79 Å². The van der Waals surface area contributed by atoms with Gasteiger partial charge in [-0.3, -0.25) is 9.69 Å². The van der Waals surface area contributed by atoms with Crippen LogP contribution in [0.3, 0.4) is 0 Å². The third kappa shape index (κ3) is 9.05. The Labute approximate surface area is 164 Å². The summed E-state index contributed by atoms with van der Waals surface area (Å²) >= 11 is 0. The van der Waals surface area contributed by atoms with Crippen molar-refractivity contribution in [3.05, 3.63) is 0 Å². The third-order valence-corrected chi connectivity index (χ3v) is 4.20. The predicted molar refractivity (Wildman–Crippen MR) is 112 cm³/mol. The van der Waals surface area contributed by atoms with Gasteiger partial charge in [0.2, 0.25) is 5.91 Å². The van der Waals surface area contributed by atoms with Gasteiger partial charge in [0.05, 0.1) is 0 Å². The van der Waals surface area contributed by atoms with Crippen molar-refractivity contribution in [1.82, 2.24) is 20.9 Å². The van der Waals surface area contributed by atoms with Crippen LogP contribution in [0.4, 0.5) is 0 Å². The van der Waals surface area contributed by atoms with Crippen molar-refractivity contribution in [1.29, 1.82) is 0 Å². The molecule has 0 bridgehead atoms. The summed E-state index contributed by atoms with van der Waals surface area (Å²) in [5.41, 5.74) is 0.0844. The summed E-state index contributed by atoms with van der Waals surface area (Å²) in [7, 11) is 0. The molecule has 1 saturated heterocycles. The fourth-order valence-electron chi connectivity index (χ4n) is 2.72. The zero-order valence-electron chi connectivity index (χ0n) is 15.8. The average Bonchev–Trinajstić information content (AvgIpc) is 2.56. The molecule has 6 nitrogen and oxygen atoms in total.